The molecule has 1 aliphatic carbocycles. The van der Waals surface area contributed by atoms with Gasteiger partial charge in [0.25, 0.3) is 0 Å². The van der Waals surface area contributed by atoms with Crippen LogP contribution in [0.25, 0.3) is 0 Å². The highest BCUT2D eigenvalue weighted by molar-refractivity contribution is 5.32. The summed E-state index contributed by atoms with van der Waals surface area (Å²) in [6, 6.07) is 10.7. The first-order valence-electron chi connectivity index (χ1n) is 7.81. The van der Waals surface area contributed by atoms with E-state index < -0.39 is 5.54 Å². The van der Waals surface area contributed by atoms with Crippen LogP contribution in [-0.4, -0.2) is 19.2 Å². The van der Waals surface area contributed by atoms with Crippen LogP contribution in [0, 0.1) is 17.2 Å². The van der Waals surface area contributed by atoms with Crippen molar-refractivity contribution in [1.29, 1.82) is 5.26 Å². The van der Waals surface area contributed by atoms with Gasteiger partial charge in [0.2, 0.25) is 0 Å². The third kappa shape index (κ3) is 3.39. The Labute approximate surface area is 128 Å². The Morgan fingerprint density at radius 2 is 1.90 bits per heavy atom. The number of rotatable bonds is 7. The number of nitrogens with one attached hydrogen (secondary N) is 1. The number of benzene rings is 1. The van der Waals surface area contributed by atoms with Crippen LogP contribution in [0.15, 0.2) is 24.3 Å². The van der Waals surface area contributed by atoms with E-state index in [1.807, 2.05) is 19.2 Å². The smallest absolute Gasteiger partial charge is 0.143 e. The van der Waals surface area contributed by atoms with Crippen LogP contribution in [-0.2, 0) is 5.41 Å². The molecule has 0 spiro atoms. The zero-order valence-corrected chi connectivity index (χ0v) is 13.6. The topological polar surface area (TPSA) is 45.0 Å². The number of likely N-dealkylation sites (N-methyl/N-ethyl adjacent to an activating group) is 1. The van der Waals surface area contributed by atoms with E-state index >= 15 is 0 Å². The molecule has 1 aliphatic rings. The van der Waals surface area contributed by atoms with Gasteiger partial charge in [-0.05, 0) is 55.3 Å². The molecule has 0 heterocycles. The van der Waals surface area contributed by atoms with Gasteiger partial charge < -0.3 is 4.74 Å². The minimum absolute atomic E-state index is 0.188. The second kappa shape index (κ2) is 6.07. The fraction of sp³-hybridized carbons (Fsp3) is 0.611. The Morgan fingerprint density at radius 3 is 2.33 bits per heavy atom. The Bertz CT molecular complexity index is 511. The fourth-order valence-electron chi connectivity index (χ4n) is 2.55. The van der Waals surface area contributed by atoms with Crippen molar-refractivity contribution in [2.75, 3.05) is 13.7 Å². The van der Waals surface area contributed by atoms with Crippen LogP contribution in [0.2, 0.25) is 0 Å². The normalized spacial score (nSPS) is 17.9. The van der Waals surface area contributed by atoms with Gasteiger partial charge in [-0.3, -0.25) is 5.32 Å². The second-order valence-electron chi connectivity index (χ2n) is 6.66. The lowest BCUT2D eigenvalue weighted by Crippen LogP contribution is -2.49. The highest BCUT2D eigenvalue weighted by atomic mass is 16.5. The maximum atomic E-state index is 9.46. The molecule has 0 aromatic heterocycles. The van der Waals surface area contributed by atoms with E-state index in [0.29, 0.717) is 12.5 Å². The quantitative estimate of drug-likeness (QED) is 0.832. The van der Waals surface area contributed by atoms with E-state index in [2.05, 4.69) is 44.3 Å². The summed E-state index contributed by atoms with van der Waals surface area (Å²) in [5, 5.41) is 12.6. The lowest BCUT2D eigenvalue weighted by Gasteiger charge is -2.26. The predicted octanol–water partition coefficient (Wildman–Crippen LogP) is 3.64. The van der Waals surface area contributed by atoms with E-state index in [4.69, 9.17) is 4.74 Å². The third-order valence-corrected chi connectivity index (χ3v) is 4.91. The van der Waals surface area contributed by atoms with Crippen molar-refractivity contribution in [2.45, 2.75) is 51.0 Å². The predicted molar refractivity (Wildman–Crippen MR) is 85.4 cm³/mol. The zero-order valence-electron chi connectivity index (χ0n) is 13.6. The average molecular weight is 286 g/mol. The second-order valence-corrected chi connectivity index (χ2v) is 6.66. The first-order chi connectivity index (χ1) is 9.97. The minimum atomic E-state index is -0.540. The molecule has 114 valence electrons. The highest BCUT2D eigenvalue weighted by Gasteiger charge is 2.45. The molecule has 1 fully saturated rings. The van der Waals surface area contributed by atoms with Crippen molar-refractivity contribution in [3.05, 3.63) is 29.8 Å². The van der Waals surface area contributed by atoms with Gasteiger partial charge in [0.1, 0.15) is 17.9 Å². The summed E-state index contributed by atoms with van der Waals surface area (Å²) in [7, 11) is 1.85. The first-order valence-corrected chi connectivity index (χ1v) is 7.81. The van der Waals surface area contributed by atoms with Crippen molar-refractivity contribution in [3.8, 4) is 11.8 Å². The molecule has 0 saturated heterocycles. The highest BCUT2D eigenvalue weighted by Crippen LogP contribution is 2.39. The van der Waals surface area contributed by atoms with E-state index in [9.17, 15) is 5.26 Å². The lowest BCUT2D eigenvalue weighted by atomic mass is 9.82. The fourth-order valence-corrected chi connectivity index (χ4v) is 2.55. The van der Waals surface area contributed by atoms with E-state index in [-0.39, 0.29) is 5.41 Å². The van der Waals surface area contributed by atoms with Crippen LogP contribution in [0.5, 0.6) is 5.75 Å². The third-order valence-electron chi connectivity index (χ3n) is 4.91. The summed E-state index contributed by atoms with van der Waals surface area (Å²) < 4.78 is 5.87. The summed E-state index contributed by atoms with van der Waals surface area (Å²) in [6.07, 6.45) is 3.33. The number of nitrogens with zero attached hydrogens (tertiary/aromatic N) is 1. The summed E-state index contributed by atoms with van der Waals surface area (Å²) in [6.45, 7) is 7.10. The zero-order chi connectivity index (χ0) is 15.5. The molecule has 0 bridgehead atoms. The summed E-state index contributed by atoms with van der Waals surface area (Å²) in [4.78, 5) is 0. The Hall–Kier alpha value is -1.53. The van der Waals surface area contributed by atoms with Crippen LogP contribution >= 0.6 is 0 Å². The average Bonchev–Trinajstić information content (AvgIpc) is 3.35. The van der Waals surface area contributed by atoms with E-state index in [1.165, 1.54) is 5.56 Å². The molecular weight excluding hydrogens is 260 g/mol. The molecule has 1 unspecified atom stereocenters. The van der Waals surface area contributed by atoms with Gasteiger partial charge in [-0.25, -0.2) is 0 Å². The van der Waals surface area contributed by atoms with Crippen molar-refractivity contribution in [3.63, 3.8) is 0 Å². The maximum absolute atomic E-state index is 9.46. The van der Waals surface area contributed by atoms with Gasteiger partial charge in [-0.15, -0.1) is 0 Å². The number of hydrogen-bond acceptors (Lipinski definition) is 3. The van der Waals surface area contributed by atoms with Gasteiger partial charge in [0.15, 0.2) is 0 Å². The molecule has 1 atom stereocenters. The van der Waals surface area contributed by atoms with Crippen molar-refractivity contribution >= 4 is 0 Å². The Kier molecular flexibility index (Phi) is 4.58. The summed E-state index contributed by atoms with van der Waals surface area (Å²) in [5.41, 5.74) is 0.967. The first kappa shape index (κ1) is 15.9. The van der Waals surface area contributed by atoms with Gasteiger partial charge >= 0.3 is 0 Å². The molecule has 3 nitrogen and oxygen atoms in total. The molecule has 0 radical (unpaired) electrons. The molecule has 3 heteroatoms. The van der Waals surface area contributed by atoms with Crippen molar-refractivity contribution < 1.29 is 4.74 Å². The van der Waals surface area contributed by atoms with Gasteiger partial charge in [0, 0.05) is 0 Å². The lowest BCUT2D eigenvalue weighted by molar-refractivity contribution is 0.210. The van der Waals surface area contributed by atoms with Crippen LogP contribution in [0.4, 0.5) is 0 Å². The molecule has 0 amide bonds. The van der Waals surface area contributed by atoms with E-state index in [0.717, 1.165) is 25.0 Å². The summed E-state index contributed by atoms with van der Waals surface area (Å²) >= 11 is 0. The van der Waals surface area contributed by atoms with Crippen molar-refractivity contribution in [2.24, 2.45) is 5.92 Å². The molecular formula is C18H26N2O. The van der Waals surface area contributed by atoms with Crippen LogP contribution in [0.3, 0.4) is 0 Å². The Balaban J connectivity index is 2.02. The minimum Gasteiger partial charge on any atom is -0.491 e. The number of ether oxygens (including phenoxy) is 1. The monoisotopic (exact) mass is 286 g/mol. The van der Waals surface area contributed by atoms with Gasteiger partial charge in [0.05, 0.1) is 6.07 Å². The molecule has 1 N–H and O–H groups in total. The Morgan fingerprint density at radius 1 is 1.29 bits per heavy atom. The molecule has 1 aromatic carbocycles. The van der Waals surface area contributed by atoms with Crippen LogP contribution < -0.4 is 10.1 Å². The number of nitriles is 1. The maximum Gasteiger partial charge on any atom is 0.143 e. The standard InChI is InChI=1S/C18H26N2O/c1-5-17(2,3)14-8-10-16(11-9-14)21-13-18(12-19,20-4)15-6-7-15/h8-11,15,20H,5-7,13H2,1-4H3. The molecule has 2 rings (SSSR count). The molecule has 0 aliphatic heterocycles. The van der Waals surface area contributed by atoms with E-state index in [1.54, 1.807) is 0 Å². The molecule has 21 heavy (non-hydrogen) atoms. The van der Waals surface area contributed by atoms with Crippen LogP contribution in [0.1, 0.15) is 45.6 Å². The molecule has 1 saturated carbocycles. The van der Waals surface area contributed by atoms with Gasteiger partial charge in [-0.1, -0.05) is 32.9 Å². The molecule has 1 aromatic rings. The van der Waals surface area contributed by atoms with Gasteiger partial charge in [-0.2, -0.15) is 5.26 Å². The number of hydrogen-bond donors (Lipinski definition) is 1. The summed E-state index contributed by atoms with van der Waals surface area (Å²) in [5.74, 6) is 1.26. The largest absolute Gasteiger partial charge is 0.491 e. The SMILES string of the molecule is CCC(C)(C)c1ccc(OCC(C#N)(NC)C2CC2)cc1. The van der Waals surface area contributed by atoms with Crippen molar-refractivity contribution in [1.82, 2.24) is 5.32 Å².